The van der Waals surface area contributed by atoms with Gasteiger partial charge < -0.3 is 19.5 Å². The lowest BCUT2D eigenvalue weighted by molar-refractivity contribution is -0.113. The minimum atomic E-state index is -0.201. The molecule has 0 fully saturated rings. The molecule has 33 heavy (non-hydrogen) atoms. The number of carbonyl (C=O) groups is 1. The van der Waals surface area contributed by atoms with Crippen molar-refractivity contribution >= 4 is 23.4 Å². The third-order valence-electron chi connectivity index (χ3n) is 4.82. The average molecular weight is 469 g/mol. The lowest BCUT2D eigenvalue weighted by atomic mass is 10.1. The SMILES string of the molecule is C=CCn1c(COc2cc(C)ccc2C)nnc1SCC(=O)Nc1cc(OC)ccc1OC. The van der Waals surface area contributed by atoms with Gasteiger partial charge in [-0.2, -0.15) is 0 Å². The van der Waals surface area contributed by atoms with Crippen molar-refractivity contribution in [1.29, 1.82) is 0 Å². The fraction of sp³-hybridized carbons (Fsp3) is 0.292. The fourth-order valence-corrected chi connectivity index (χ4v) is 3.84. The normalized spacial score (nSPS) is 10.5. The van der Waals surface area contributed by atoms with Crippen LogP contribution < -0.4 is 19.5 Å². The molecule has 0 spiro atoms. The first-order valence-corrected chi connectivity index (χ1v) is 11.3. The second-order valence-electron chi connectivity index (χ2n) is 7.26. The molecule has 3 aromatic rings. The van der Waals surface area contributed by atoms with E-state index in [0.717, 1.165) is 16.9 Å². The molecule has 8 nitrogen and oxygen atoms in total. The third-order valence-corrected chi connectivity index (χ3v) is 5.79. The zero-order chi connectivity index (χ0) is 23.8. The van der Waals surface area contributed by atoms with Crippen LogP contribution in [0.2, 0.25) is 0 Å². The van der Waals surface area contributed by atoms with Gasteiger partial charge in [-0.25, -0.2) is 0 Å². The van der Waals surface area contributed by atoms with E-state index in [4.69, 9.17) is 14.2 Å². The van der Waals surface area contributed by atoms with Crippen LogP contribution in [-0.4, -0.2) is 40.6 Å². The van der Waals surface area contributed by atoms with Gasteiger partial charge in [0.15, 0.2) is 11.0 Å². The standard InChI is InChI=1S/C24H28N4O4S/c1-6-11-28-22(14-32-21-12-16(2)7-8-17(21)3)26-27-24(28)33-15-23(29)25-19-13-18(30-4)9-10-20(19)31-5/h6-10,12-13H,1,11,14-15H2,2-5H3,(H,25,29). The Labute approximate surface area is 198 Å². The Morgan fingerprint density at radius 3 is 2.67 bits per heavy atom. The third kappa shape index (κ3) is 6.29. The molecule has 0 aliphatic heterocycles. The number of ether oxygens (including phenoxy) is 3. The summed E-state index contributed by atoms with van der Waals surface area (Å²) in [4.78, 5) is 12.6. The van der Waals surface area contributed by atoms with Gasteiger partial charge in [0.1, 0.15) is 23.9 Å². The average Bonchev–Trinajstić information content (AvgIpc) is 3.19. The number of nitrogens with zero attached hydrogens (tertiary/aromatic N) is 3. The van der Waals surface area contributed by atoms with Crippen molar-refractivity contribution in [1.82, 2.24) is 14.8 Å². The monoisotopic (exact) mass is 468 g/mol. The quantitative estimate of drug-likeness (QED) is 0.329. The number of amides is 1. The van der Waals surface area contributed by atoms with Crippen LogP contribution in [0, 0.1) is 13.8 Å². The molecule has 0 aliphatic rings. The summed E-state index contributed by atoms with van der Waals surface area (Å²) in [6, 6.07) is 11.3. The molecule has 0 aliphatic carbocycles. The molecule has 0 unspecified atom stereocenters. The number of hydrogen-bond donors (Lipinski definition) is 1. The van der Waals surface area contributed by atoms with Gasteiger partial charge in [0.25, 0.3) is 0 Å². The number of methoxy groups -OCH3 is 2. The summed E-state index contributed by atoms with van der Waals surface area (Å²) in [6.45, 7) is 8.61. The van der Waals surface area contributed by atoms with E-state index in [-0.39, 0.29) is 18.3 Å². The summed E-state index contributed by atoms with van der Waals surface area (Å²) < 4.78 is 18.4. The Morgan fingerprint density at radius 2 is 1.94 bits per heavy atom. The summed E-state index contributed by atoms with van der Waals surface area (Å²) in [5.41, 5.74) is 2.71. The summed E-state index contributed by atoms with van der Waals surface area (Å²) >= 11 is 1.29. The largest absolute Gasteiger partial charge is 0.497 e. The van der Waals surface area contributed by atoms with Crippen LogP contribution in [0.3, 0.4) is 0 Å². The predicted molar refractivity (Wildman–Crippen MR) is 129 cm³/mol. The van der Waals surface area contributed by atoms with Crippen molar-refractivity contribution in [2.24, 2.45) is 0 Å². The van der Waals surface area contributed by atoms with Crippen molar-refractivity contribution in [2.45, 2.75) is 32.2 Å². The van der Waals surface area contributed by atoms with Crippen LogP contribution in [-0.2, 0) is 17.9 Å². The molecule has 1 aromatic heterocycles. The zero-order valence-corrected chi connectivity index (χ0v) is 20.1. The van der Waals surface area contributed by atoms with Crippen molar-refractivity contribution in [3.05, 3.63) is 66.0 Å². The number of anilines is 1. The highest BCUT2D eigenvalue weighted by atomic mass is 32.2. The summed E-state index contributed by atoms with van der Waals surface area (Å²) in [7, 11) is 3.11. The van der Waals surface area contributed by atoms with Gasteiger partial charge >= 0.3 is 0 Å². The van der Waals surface area contributed by atoms with Gasteiger partial charge in [-0.1, -0.05) is 30.0 Å². The van der Waals surface area contributed by atoms with Gasteiger partial charge in [0, 0.05) is 12.6 Å². The molecule has 3 rings (SSSR count). The van der Waals surface area contributed by atoms with Crippen molar-refractivity contribution < 1.29 is 19.0 Å². The van der Waals surface area contributed by atoms with E-state index in [0.29, 0.717) is 34.7 Å². The Bertz CT molecular complexity index is 1130. The number of carbonyl (C=O) groups excluding carboxylic acids is 1. The molecule has 2 aromatic carbocycles. The fourth-order valence-electron chi connectivity index (χ4n) is 3.08. The van der Waals surface area contributed by atoms with E-state index >= 15 is 0 Å². The minimum Gasteiger partial charge on any atom is -0.497 e. The predicted octanol–water partition coefficient (Wildman–Crippen LogP) is 4.41. The first-order chi connectivity index (χ1) is 15.9. The van der Waals surface area contributed by atoms with Crippen LogP contribution in [0.5, 0.6) is 17.2 Å². The second-order valence-corrected chi connectivity index (χ2v) is 8.20. The van der Waals surface area contributed by atoms with Crippen molar-refractivity contribution in [3.8, 4) is 17.2 Å². The van der Waals surface area contributed by atoms with Crippen molar-refractivity contribution in [2.75, 3.05) is 25.3 Å². The van der Waals surface area contributed by atoms with E-state index in [9.17, 15) is 4.79 Å². The number of benzene rings is 2. The van der Waals surface area contributed by atoms with Crippen LogP contribution >= 0.6 is 11.8 Å². The number of rotatable bonds is 11. The molecule has 1 amide bonds. The molecule has 0 atom stereocenters. The maximum atomic E-state index is 12.6. The topological polar surface area (TPSA) is 87.5 Å². The molecule has 174 valence electrons. The number of hydrogen-bond acceptors (Lipinski definition) is 7. The minimum absolute atomic E-state index is 0.146. The maximum absolute atomic E-state index is 12.6. The Hall–Kier alpha value is -3.46. The molecule has 9 heteroatoms. The molecule has 0 saturated carbocycles. The highest BCUT2D eigenvalue weighted by Crippen LogP contribution is 2.29. The van der Waals surface area contributed by atoms with Gasteiger partial charge in [-0.3, -0.25) is 9.36 Å². The molecule has 0 saturated heterocycles. The number of nitrogens with one attached hydrogen (secondary N) is 1. The molecular formula is C24H28N4O4S. The number of thioether (sulfide) groups is 1. The lowest BCUT2D eigenvalue weighted by Gasteiger charge is -2.12. The maximum Gasteiger partial charge on any atom is 0.234 e. The van der Waals surface area contributed by atoms with Gasteiger partial charge in [-0.15, -0.1) is 16.8 Å². The number of aryl methyl sites for hydroxylation is 2. The highest BCUT2D eigenvalue weighted by molar-refractivity contribution is 7.99. The molecule has 0 bridgehead atoms. The number of allylic oxidation sites excluding steroid dienone is 1. The highest BCUT2D eigenvalue weighted by Gasteiger charge is 2.16. The van der Waals surface area contributed by atoms with E-state index in [1.54, 1.807) is 38.5 Å². The second kappa shape index (κ2) is 11.4. The number of aromatic nitrogens is 3. The first-order valence-electron chi connectivity index (χ1n) is 10.3. The molecule has 1 heterocycles. The summed E-state index contributed by atoms with van der Waals surface area (Å²) in [5.74, 6) is 2.59. The summed E-state index contributed by atoms with van der Waals surface area (Å²) in [5, 5.41) is 12.0. The Balaban J connectivity index is 1.66. The molecule has 1 N–H and O–H groups in total. The van der Waals surface area contributed by atoms with Gasteiger partial charge in [0.2, 0.25) is 5.91 Å². The smallest absolute Gasteiger partial charge is 0.234 e. The van der Waals surface area contributed by atoms with Crippen molar-refractivity contribution in [3.63, 3.8) is 0 Å². The zero-order valence-electron chi connectivity index (χ0n) is 19.3. The van der Waals surface area contributed by atoms with E-state index in [1.807, 2.05) is 36.6 Å². The van der Waals surface area contributed by atoms with E-state index in [2.05, 4.69) is 22.1 Å². The van der Waals surface area contributed by atoms with Crippen LogP contribution in [0.25, 0.3) is 0 Å². The van der Waals surface area contributed by atoms with Gasteiger partial charge in [-0.05, 0) is 43.2 Å². The van der Waals surface area contributed by atoms with Gasteiger partial charge in [0.05, 0.1) is 25.7 Å². The molecular weight excluding hydrogens is 440 g/mol. The first kappa shape index (κ1) is 24.2. The summed E-state index contributed by atoms with van der Waals surface area (Å²) in [6.07, 6.45) is 1.76. The van der Waals surface area contributed by atoms with Crippen LogP contribution in [0.4, 0.5) is 5.69 Å². The Kier molecular flexibility index (Phi) is 8.37. The Morgan fingerprint density at radius 1 is 1.12 bits per heavy atom. The van der Waals surface area contributed by atoms with E-state index in [1.165, 1.54) is 11.8 Å². The van der Waals surface area contributed by atoms with Crippen LogP contribution in [0.1, 0.15) is 17.0 Å². The van der Waals surface area contributed by atoms with E-state index < -0.39 is 0 Å². The van der Waals surface area contributed by atoms with Crippen LogP contribution in [0.15, 0.2) is 54.2 Å². The lowest BCUT2D eigenvalue weighted by Crippen LogP contribution is -2.15. The molecule has 0 radical (unpaired) electrons.